The van der Waals surface area contributed by atoms with Crippen molar-refractivity contribution in [1.29, 1.82) is 0 Å². The Hall–Kier alpha value is -3.32. The van der Waals surface area contributed by atoms with Crippen molar-refractivity contribution in [2.24, 2.45) is 0 Å². The molecule has 0 aliphatic carbocycles. The van der Waals surface area contributed by atoms with Crippen LogP contribution in [0.2, 0.25) is 0 Å². The van der Waals surface area contributed by atoms with Crippen LogP contribution in [-0.4, -0.2) is 42.2 Å². The number of nitrogens with zero attached hydrogens (tertiary/aromatic N) is 3. The number of benzene rings is 2. The van der Waals surface area contributed by atoms with Crippen molar-refractivity contribution in [1.82, 2.24) is 14.9 Å². The highest BCUT2D eigenvalue weighted by Gasteiger charge is 2.19. The van der Waals surface area contributed by atoms with Gasteiger partial charge >= 0.3 is 0 Å². The highest BCUT2D eigenvalue weighted by molar-refractivity contribution is 5.56. The Balaban J connectivity index is 1.42. The van der Waals surface area contributed by atoms with Gasteiger partial charge in [-0.1, -0.05) is 12.1 Å². The van der Waals surface area contributed by atoms with Crippen LogP contribution in [0.1, 0.15) is 23.7 Å². The van der Waals surface area contributed by atoms with Gasteiger partial charge in [0.05, 0.1) is 26.5 Å². The highest BCUT2D eigenvalue weighted by Crippen LogP contribution is 2.29. The molecule has 7 heteroatoms. The van der Waals surface area contributed by atoms with Gasteiger partial charge < -0.3 is 19.5 Å². The normalized spacial score (nSPS) is 13.4. The Kier molecular flexibility index (Phi) is 6.52. The van der Waals surface area contributed by atoms with E-state index in [1.807, 2.05) is 43.5 Å². The topological polar surface area (TPSA) is 68.7 Å². The lowest BCUT2D eigenvalue weighted by Crippen LogP contribution is -2.31. The molecule has 0 atom stereocenters. The van der Waals surface area contributed by atoms with Crippen molar-refractivity contribution in [3.63, 3.8) is 0 Å². The standard InChI is InChI=1S/C24H28N4O3/c1-4-31-22-9-8-17(12-23(22)30-3)15-28-11-10-21-18(16-28)14-25-24(27-21)26-19-6-5-7-20(13-19)29-2/h5-9,12-14H,4,10-11,15-16H2,1-3H3,(H,25,26,27). The first kappa shape index (κ1) is 20.9. The predicted octanol–water partition coefficient (Wildman–Crippen LogP) is 4.19. The van der Waals surface area contributed by atoms with Gasteiger partial charge in [-0.05, 0) is 36.8 Å². The molecule has 1 aliphatic rings. The molecule has 0 spiro atoms. The number of fused-ring (bicyclic) bond motifs is 1. The zero-order chi connectivity index (χ0) is 21.6. The van der Waals surface area contributed by atoms with E-state index in [4.69, 9.17) is 19.2 Å². The number of hydrogen-bond donors (Lipinski definition) is 1. The molecule has 1 N–H and O–H groups in total. The van der Waals surface area contributed by atoms with E-state index in [0.717, 1.165) is 54.7 Å². The van der Waals surface area contributed by atoms with Crippen molar-refractivity contribution in [3.05, 3.63) is 65.5 Å². The summed E-state index contributed by atoms with van der Waals surface area (Å²) < 4.78 is 16.4. The molecule has 3 aromatic rings. The second-order valence-electron chi connectivity index (χ2n) is 7.40. The first-order valence-corrected chi connectivity index (χ1v) is 10.5. The lowest BCUT2D eigenvalue weighted by molar-refractivity contribution is 0.242. The van der Waals surface area contributed by atoms with Gasteiger partial charge in [-0.2, -0.15) is 0 Å². The van der Waals surface area contributed by atoms with E-state index in [9.17, 15) is 0 Å². The van der Waals surface area contributed by atoms with E-state index in [-0.39, 0.29) is 0 Å². The molecular weight excluding hydrogens is 392 g/mol. The summed E-state index contributed by atoms with van der Waals surface area (Å²) in [5.41, 5.74) is 4.36. The molecule has 0 fully saturated rings. The minimum atomic E-state index is 0.608. The minimum absolute atomic E-state index is 0.608. The van der Waals surface area contributed by atoms with Crippen LogP contribution in [0, 0.1) is 0 Å². The molecule has 162 valence electrons. The molecule has 2 aromatic carbocycles. The second-order valence-corrected chi connectivity index (χ2v) is 7.40. The summed E-state index contributed by atoms with van der Waals surface area (Å²) in [7, 11) is 3.33. The monoisotopic (exact) mass is 420 g/mol. The van der Waals surface area contributed by atoms with Crippen LogP contribution in [0.15, 0.2) is 48.7 Å². The Morgan fingerprint density at radius 2 is 1.97 bits per heavy atom. The molecule has 1 aromatic heterocycles. The van der Waals surface area contributed by atoms with Crippen molar-refractivity contribution < 1.29 is 14.2 Å². The zero-order valence-corrected chi connectivity index (χ0v) is 18.2. The quantitative estimate of drug-likeness (QED) is 0.586. The third kappa shape index (κ3) is 5.06. The van der Waals surface area contributed by atoms with E-state index in [2.05, 4.69) is 27.3 Å². The molecule has 0 radical (unpaired) electrons. The van der Waals surface area contributed by atoms with Crippen LogP contribution >= 0.6 is 0 Å². The number of aromatic nitrogens is 2. The van der Waals surface area contributed by atoms with Crippen LogP contribution < -0.4 is 19.5 Å². The SMILES string of the molecule is CCOc1ccc(CN2CCc3nc(Nc4cccc(OC)c4)ncc3C2)cc1OC. The maximum atomic E-state index is 5.62. The smallest absolute Gasteiger partial charge is 0.227 e. The molecule has 31 heavy (non-hydrogen) atoms. The van der Waals surface area contributed by atoms with E-state index >= 15 is 0 Å². The summed E-state index contributed by atoms with van der Waals surface area (Å²) in [5.74, 6) is 2.96. The minimum Gasteiger partial charge on any atom is -0.497 e. The zero-order valence-electron chi connectivity index (χ0n) is 18.2. The lowest BCUT2D eigenvalue weighted by atomic mass is 10.1. The average Bonchev–Trinajstić information content (AvgIpc) is 2.80. The van der Waals surface area contributed by atoms with Gasteiger partial charge in [-0.25, -0.2) is 9.97 Å². The van der Waals surface area contributed by atoms with Crippen LogP contribution in [0.3, 0.4) is 0 Å². The summed E-state index contributed by atoms with van der Waals surface area (Å²) in [5, 5.41) is 3.27. The Morgan fingerprint density at radius 1 is 1.06 bits per heavy atom. The molecular formula is C24H28N4O3. The summed E-state index contributed by atoms with van der Waals surface area (Å²) in [6, 6.07) is 13.9. The summed E-state index contributed by atoms with van der Waals surface area (Å²) in [6.07, 6.45) is 2.81. The molecule has 0 saturated heterocycles. The first-order chi connectivity index (χ1) is 15.2. The maximum absolute atomic E-state index is 5.62. The van der Waals surface area contributed by atoms with Crippen LogP contribution in [0.4, 0.5) is 11.6 Å². The first-order valence-electron chi connectivity index (χ1n) is 10.5. The van der Waals surface area contributed by atoms with Crippen molar-refractivity contribution in [3.8, 4) is 17.2 Å². The van der Waals surface area contributed by atoms with E-state index in [1.165, 1.54) is 11.1 Å². The van der Waals surface area contributed by atoms with Crippen LogP contribution in [0.25, 0.3) is 0 Å². The fourth-order valence-electron chi connectivity index (χ4n) is 3.74. The predicted molar refractivity (Wildman–Crippen MR) is 120 cm³/mol. The number of anilines is 2. The Labute approximate surface area is 183 Å². The van der Waals surface area contributed by atoms with Crippen molar-refractivity contribution in [2.45, 2.75) is 26.4 Å². The number of ether oxygens (including phenoxy) is 3. The largest absolute Gasteiger partial charge is 0.497 e. The number of nitrogens with one attached hydrogen (secondary N) is 1. The molecule has 0 bridgehead atoms. The number of rotatable bonds is 8. The number of hydrogen-bond acceptors (Lipinski definition) is 7. The van der Waals surface area contributed by atoms with Gasteiger partial charge in [0.2, 0.25) is 5.95 Å². The fourth-order valence-corrected chi connectivity index (χ4v) is 3.74. The third-order valence-corrected chi connectivity index (χ3v) is 5.27. The molecule has 0 amide bonds. The fraction of sp³-hybridized carbons (Fsp3) is 0.333. The molecule has 2 heterocycles. The molecule has 0 saturated carbocycles. The van der Waals surface area contributed by atoms with Crippen molar-refractivity contribution in [2.75, 3.05) is 32.7 Å². The van der Waals surface area contributed by atoms with Gasteiger partial charge in [0.15, 0.2) is 11.5 Å². The Morgan fingerprint density at radius 3 is 2.77 bits per heavy atom. The summed E-state index contributed by atoms with van der Waals surface area (Å²) >= 11 is 0. The average molecular weight is 421 g/mol. The van der Waals surface area contributed by atoms with Crippen LogP contribution in [-0.2, 0) is 19.5 Å². The molecule has 4 rings (SSSR count). The van der Waals surface area contributed by atoms with Crippen LogP contribution in [0.5, 0.6) is 17.2 Å². The van der Waals surface area contributed by atoms with E-state index < -0.39 is 0 Å². The second kappa shape index (κ2) is 9.66. The summed E-state index contributed by atoms with van der Waals surface area (Å²) in [6.45, 7) is 5.19. The van der Waals surface area contributed by atoms with Gasteiger partial charge in [0.25, 0.3) is 0 Å². The molecule has 0 unspecified atom stereocenters. The van der Waals surface area contributed by atoms with E-state index in [1.54, 1.807) is 14.2 Å². The lowest BCUT2D eigenvalue weighted by Gasteiger charge is -2.28. The van der Waals surface area contributed by atoms with Gasteiger partial charge in [0.1, 0.15) is 5.75 Å². The number of methoxy groups -OCH3 is 2. The van der Waals surface area contributed by atoms with Gasteiger partial charge in [-0.15, -0.1) is 0 Å². The molecule has 7 nitrogen and oxygen atoms in total. The highest BCUT2D eigenvalue weighted by atomic mass is 16.5. The van der Waals surface area contributed by atoms with Crippen molar-refractivity contribution >= 4 is 11.6 Å². The maximum Gasteiger partial charge on any atom is 0.227 e. The summed E-state index contributed by atoms with van der Waals surface area (Å²) in [4.78, 5) is 11.7. The van der Waals surface area contributed by atoms with Gasteiger partial charge in [0, 0.05) is 49.6 Å². The third-order valence-electron chi connectivity index (χ3n) is 5.27. The molecule has 1 aliphatic heterocycles. The Bertz CT molecular complexity index is 1040. The van der Waals surface area contributed by atoms with E-state index in [0.29, 0.717) is 12.6 Å². The van der Waals surface area contributed by atoms with Gasteiger partial charge in [-0.3, -0.25) is 4.90 Å².